The van der Waals surface area contributed by atoms with Gasteiger partial charge in [-0.15, -0.1) is 0 Å². The molecule has 16 heavy (non-hydrogen) atoms. The summed E-state index contributed by atoms with van der Waals surface area (Å²) >= 11 is 5.89. The van der Waals surface area contributed by atoms with Gasteiger partial charge in [0.2, 0.25) is 0 Å². The van der Waals surface area contributed by atoms with Gasteiger partial charge in [-0.2, -0.15) is 0 Å². The van der Waals surface area contributed by atoms with E-state index in [-0.39, 0.29) is 5.41 Å². The van der Waals surface area contributed by atoms with Crippen molar-refractivity contribution in [3.63, 3.8) is 0 Å². The molecular formula is C13H20ClNO. The zero-order valence-corrected chi connectivity index (χ0v) is 11.1. The fraction of sp³-hybridized carbons (Fsp3) is 0.538. The van der Waals surface area contributed by atoms with Crippen LogP contribution in [0.5, 0.6) is 5.75 Å². The zero-order valence-electron chi connectivity index (χ0n) is 10.4. The van der Waals surface area contributed by atoms with Crippen molar-refractivity contribution in [3.8, 4) is 5.75 Å². The SMILES string of the molecule is CNC(COc1cccc(Cl)c1)C(C)(C)C. The van der Waals surface area contributed by atoms with Crippen LogP contribution in [0.3, 0.4) is 0 Å². The molecule has 0 saturated carbocycles. The molecule has 0 radical (unpaired) electrons. The number of halogens is 1. The van der Waals surface area contributed by atoms with Crippen LogP contribution in [0.4, 0.5) is 0 Å². The number of likely N-dealkylation sites (N-methyl/N-ethyl adjacent to an activating group) is 1. The molecule has 0 saturated heterocycles. The van der Waals surface area contributed by atoms with Gasteiger partial charge in [-0.1, -0.05) is 38.4 Å². The normalized spacial score (nSPS) is 13.6. The summed E-state index contributed by atoms with van der Waals surface area (Å²) < 4.78 is 5.72. The standard InChI is InChI=1S/C13H20ClNO/c1-13(2,3)12(15-4)9-16-11-7-5-6-10(14)8-11/h5-8,12,15H,9H2,1-4H3. The molecule has 0 bridgehead atoms. The van der Waals surface area contributed by atoms with Crippen molar-refractivity contribution in [1.82, 2.24) is 5.32 Å². The number of rotatable bonds is 4. The molecule has 0 aromatic heterocycles. The summed E-state index contributed by atoms with van der Waals surface area (Å²) in [5, 5.41) is 3.97. The number of ether oxygens (including phenoxy) is 1. The van der Waals surface area contributed by atoms with E-state index < -0.39 is 0 Å². The van der Waals surface area contributed by atoms with Gasteiger partial charge in [0.25, 0.3) is 0 Å². The molecule has 0 aliphatic heterocycles. The van der Waals surface area contributed by atoms with Crippen LogP contribution in [0.1, 0.15) is 20.8 Å². The van der Waals surface area contributed by atoms with Crippen molar-refractivity contribution >= 4 is 11.6 Å². The lowest BCUT2D eigenvalue weighted by Crippen LogP contribution is -2.42. The Balaban J connectivity index is 2.56. The van der Waals surface area contributed by atoms with E-state index in [1.54, 1.807) is 0 Å². The molecule has 1 rings (SSSR count). The lowest BCUT2D eigenvalue weighted by molar-refractivity contribution is 0.181. The topological polar surface area (TPSA) is 21.3 Å². The second-order valence-electron chi connectivity index (χ2n) is 4.98. The summed E-state index contributed by atoms with van der Waals surface area (Å²) in [6.45, 7) is 7.21. The molecule has 0 aliphatic rings. The van der Waals surface area contributed by atoms with Crippen LogP contribution in [0, 0.1) is 5.41 Å². The molecule has 3 heteroatoms. The van der Waals surface area contributed by atoms with Crippen LogP contribution in [-0.2, 0) is 0 Å². The second-order valence-corrected chi connectivity index (χ2v) is 5.41. The molecule has 1 N–H and O–H groups in total. The molecule has 0 heterocycles. The average Bonchev–Trinajstić information content (AvgIpc) is 2.16. The van der Waals surface area contributed by atoms with Crippen molar-refractivity contribution in [3.05, 3.63) is 29.3 Å². The largest absolute Gasteiger partial charge is 0.492 e. The smallest absolute Gasteiger partial charge is 0.120 e. The fourth-order valence-electron chi connectivity index (χ4n) is 1.50. The maximum atomic E-state index is 5.89. The summed E-state index contributed by atoms with van der Waals surface area (Å²) in [5.74, 6) is 0.817. The van der Waals surface area contributed by atoms with Crippen LogP contribution >= 0.6 is 11.6 Å². The molecule has 1 aromatic carbocycles. The Morgan fingerprint density at radius 1 is 1.38 bits per heavy atom. The van der Waals surface area contributed by atoms with Crippen LogP contribution < -0.4 is 10.1 Å². The molecule has 0 aliphatic carbocycles. The first-order chi connectivity index (χ1) is 7.43. The first kappa shape index (κ1) is 13.3. The van der Waals surface area contributed by atoms with Crippen molar-refractivity contribution in [2.45, 2.75) is 26.8 Å². The third kappa shape index (κ3) is 4.03. The van der Waals surface area contributed by atoms with Crippen molar-refractivity contribution in [2.75, 3.05) is 13.7 Å². The van der Waals surface area contributed by atoms with Gasteiger partial charge in [-0.25, -0.2) is 0 Å². The van der Waals surface area contributed by atoms with E-state index in [0.717, 1.165) is 5.75 Å². The van der Waals surface area contributed by atoms with E-state index in [4.69, 9.17) is 16.3 Å². The van der Waals surface area contributed by atoms with E-state index in [9.17, 15) is 0 Å². The second kappa shape index (κ2) is 5.55. The monoisotopic (exact) mass is 241 g/mol. The number of benzene rings is 1. The van der Waals surface area contributed by atoms with Gasteiger partial charge >= 0.3 is 0 Å². The highest BCUT2D eigenvalue weighted by molar-refractivity contribution is 6.30. The highest BCUT2D eigenvalue weighted by Crippen LogP contribution is 2.21. The maximum absolute atomic E-state index is 5.89. The zero-order chi connectivity index (χ0) is 12.2. The summed E-state index contributed by atoms with van der Waals surface area (Å²) in [4.78, 5) is 0. The molecular weight excluding hydrogens is 222 g/mol. The number of nitrogens with one attached hydrogen (secondary N) is 1. The Morgan fingerprint density at radius 3 is 2.56 bits per heavy atom. The Kier molecular flexibility index (Phi) is 4.63. The molecule has 1 atom stereocenters. The lowest BCUT2D eigenvalue weighted by Gasteiger charge is -2.30. The van der Waals surface area contributed by atoms with Gasteiger partial charge in [0.05, 0.1) is 0 Å². The number of hydrogen-bond donors (Lipinski definition) is 1. The fourth-order valence-corrected chi connectivity index (χ4v) is 1.68. The highest BCUT2D eigenvalue weighted by Gasteiger charge is 2.23. The molecule has 0 spiro atoms. The highest BCUT2D eigenvalue weighted by atomic mass is 35.5. The van der Waals surface area contributed by atoms with E-state index in [1.807, 2.05) is 31.3 Å². The maximum Gasteiger partial charge on any atom is 0.120 e. The Bertz CT molecular complexity index is 333. The van der Waals surface area contributed by atoms with Crippen molar-refractivity contribution < 1.29 is 4.74 Å². The molecule has 0 fully saturated rings. The molecule has 2 nitrogen and oxygen atoms in total. The van der Waals surface area contributed by atoms with Crippen LogP contribution in [0.25, 0.3) is 0 Å². The van der Waals surface area contributed by atoms with E-state index in [0.29, 0.717) is 17.7 Å². The molecule has 90 valence electrons. The Labute approximate surface area is 103 Å². The lowest BCUT2D eigenvalue weighted by atomic mass is 9.87. The van der Waals surface area contributed by atoms with Gasteiger partial charge in [0, 0.05) is 11.1 Å². The van der Waals surface area contributed by atoms with Gasteiger partial charge in [0.1, 0.15) is 12.4 Å². The number of hydrogen-bond acceptors (Lipinski definition) is 2. The third-order valence-corrected chi connectivity index (χ3v) is 2.84. The van der Waals surface area contributed by atoms with Gasteiger partial charge in [-0.3, -0.25) is 0 Å². The predicted octanol–water partition coefficient (Wildman–Crippen LogP) is 3.35. The van der Waals surface area contributed by atoms with Crippen molar-refractivity contribution in [2.24, 2.45) is 5.41 Å². The first-order valence-electron chi connectivity index (χ1n) is 5.49. The Morgan fingerprint density at radius 2 is 2.06 bits per heavy atom. The first-order valence-corrected chi connectivity index (χ1v) is 5.87. The van der Waals surface area contributed by atoms with Crippen LogP contribution in [-0.4, -0.2) is 19.7 Å². The summed E-state index contributed by atoms with van der Waals surface area (Å²) in [6, 6.07) is 7.79. The summed E-state index contributed by atoms with van der Waals surface area (Å²) in [5.41, 5.74) is 0.174. The molecule has 1 aromatic rings. The summed E-state index contributed by atoms with van der Waals surface area (Å²) in [7, 11) is 1.96. The Hall–Kier alpha value is -0.730. The van der Waals surface area contributed by atoms with E-state index >= 15 is 0 Å². The van der Waals surface area contributed by atoms with Gasteiger partial charge in [-0.05, 0) is 30.7 Å². The molecule has 0 amide bonds. The minimum absolute atomic E-state index is 0.174. The predicted molar refractivity (Wildman–Crippen MR) is 69.2 cm³/mol. The van der Waals surface area contributed by atoms with Gasteiger partial charge < -0.3 is 10.1 Å². The van der Waals surface area contributed by atoms with Crippen LogP contribution in [0.15, 0.2) is 24.3 Å². The van der Waals surface area contributed by atoms with Crippen LogP contribution in [0.2, 0.25) is 5.02 Å². The minimum atomic E-state index is 0.174. The quantitative estimate of drug-likeness (QED) is 0.873. The summed E-state index contributed by atoms with van der Waals surface area (Å²) in [6.07, 6.45) is 0. The van der Waals surface area contributed by atoms with Crippen molar-refractivity contribution in [1.29, 1.82) is 0 Å². The average molecular weight is 242 g/mol. The van der Waals surface area contributed by atoms with E-state index in [2.05, 4.69) is 26.1 Å². The van der Waals surface area contributed by atoms with E-state index in [1.165, 1.54) is 0 Å². The molecule has 1 unspecified atom stereocenters. The minimum Gasteiger partial charge on any atom is -0.492 e. The van der Waals surface area contributed by atoms with Gasteiger partial charge in [0.15, 0.2) is 0 Å². The third-order valence-electron chi connectivity index (χ3n) is 2.61.